The van der Waals surface area contributed by atoms with E-state index in [1.165, 1.54) is 0 Å². The molecule has 5 rings (SSSR count). The van der Waals surface area contributed by atoms with Gasteiger partial charge in [-0.05, 0) is 42.7 Å². The molecule has 0 bridgehead atoms. The second kappa shape index (κ2) is 6.89. The van der Waals surface area contributed by atoms with Crippen molar-refractivity contribution in [1.82, 2.24) is 14.7 Å². The highest BCUT2D eigenvalue weighted by atomic mass is 32.2. The maximum atomic E-state index is 12.7. The van der Waals surface area contributed by atoms with Gasteiger partial charge in [0.15, 0.2) is 0 Å². The van der Waals surface area contributed by atoms with E-state index in [2.05, 4.69) is 26.5 Å². The monoisotopic (exact) mass is 410 g/mol. The molecule has 2 aliphatic heterocycles. The predicted molar refractivity (Wildman–Crippen MR) is 110 cm³/mol. The van der Waals surface area contributed by atoms with Gasteiger partial charge in [0, 0.05) is 24.7 Å². The smallest absolute Gasteiger partial charge is 0.244 e. The molecule has 0 radical (unpaired) electrons. The molecule has 2 N–H and O–H groups in total. The number of fused-ring (bicyclic) bond motifs is 3. The van der Waals surface area contributed by atoms with Crippen LogP contribution in [0.3, 0.4) is 0 Å². The zero-order valence-electron chi connectivity index (χ0n) is 16.0. The van der Waals surface area contributed by atoms with Crippen molar-refractivity contribution in [3.8, 4) is 11.5 Å². The van der Waals surface area contributed by atoms with Crippen molar-refractivity contribution in [2.24, 2.45) is 0 Å². The molecule has 0 saturated carbocycles. The first-order valence-electron chi connectivity index (χ1n) is 9.71. The Morgan fingerprint density at radius 2 is 2.07 bits per heavy atom. The summed E-state index contributed by atoms with van der Waals surface area (Å²) in [6.45, 7) is 2.94. The average molecular weight is 410 g/mol. The Hall–Kier alpha value is -2.84. The number of hydrogen-bond acceptors (Lipinski definition) is 5. The van der Waals surface area contributed by atoms with Gasteiger partial charge in [0.2, 0.25) is 10.0 Å². The second-order valence-corrected chi connectivity index (χ2v) is 9.17. The quantitative estimate of drug-likeness (QED) is 0.687. The van der Waals surface area contributed by atoms with Crippen molar-refractivity contribution in [3.05, 3.63) is 66.2 Å². The summed E-state index contributed by atoms with van der Waals surface area (Å²) in [4.78, 5) is 9.69. The highest BCUT2D eigenvalue weighted by molar-refractivity contribution is 7.89. The van der Waals surface area contributed by atoms with Crippen LogP contribution in [0.15, 0.2) is 59.9 Å². The minimum absolute atomic E-state index is 0.116. The molecule has 2 atom stereocenters. The van der Waals surface area contributed by atoms with Gasteiger partial charge >= 0.3 is 0 Å². The summed E-state index contributed by atoms with van der Waals surface area (Å²) in [5, 5.41) is 0. The van der Waals surface area contributed by atoms with Crippen molar-refractivity contribution in [1.29, 1.82) is 0 Å². The number of rotatable bonds is 4. The lowest BCUT2D eigenvalue weighted by atomic mass is 9.98. The Bertz CT molecular complexity index is 1140. The molecule has 0 aliphatic carbocycles. The third-order valence-electron chi connectivity index (χ3n) is 5.63. The number of imidazole rings is 1. The molecular formula is C21H22N4O3S. The molecule has 1 fully saturated rings. The lowest BCUT2D eigenvalue weighted by Crippen LogP contribution is -2.48. The standard InChI is InChI=1S/C21H22N4O3S/c1-14(18-12-22-13-23-18)15-4-2-5-16(10-15)28-17-7-8-19-20(11-17)29(26,27)24-21-6-3-9-25(19)21/h2,4-5,7-8,10-14,21,24H,3,6,9H2,1H3,(H,22,23). The molecule has 150 valence electrons. The number of aromatic nitrogens is 2. The minimum Gasteiger partial charge on any atom is -0.457 e. The zero-order chi connectivity index (χ0) is 20.0. The summed E-state index contributed by atoms with van der Waals surface area (Å²) in [6.07, 6.45) is 5.22. The highest BCUT2D eigenvalue weighted by Crippen LogP contribution is 2.38. The fraction of sp³-hybridized carbons (Fsp3) is 0.286. The van der Waals surface area contributed by atoms with E-state index in [0.717, 1.165) is 36.3 Å². The number of anilines is 1. The first-order chi connectivity index (χ1) is 14.0. The number of sulfonamides is 1. The van der Waals surface area contributed by atoms with E-state index in [1.807, 2.05) is 42.6 Å². The molecule has 0 amide bonds. The molecule has 0 spiro atoms. The Balaban J connectivity index is 1.44. The second-order valence-electron chi connectivity index (χ2n) is 7.49. The fourth-order valence-electron chi connectivity index (χ4n) is 4.09. The lowest BCUT2D eigenvalue weighted by molar-refractivity contribution is 0.478. The van der Waals surface area contributed by atoms with Crippen LogP contribution in [-0.4, -0.2) is 31.1 Å². The third kappa shape index (κ3) is 3.28. The molecule has 1 saturated heterocycles. The number of H-pyrrole nitrogens is 1. The lowest BCUT2D eigenvalue weighted by Gasteiger charge is -2.33. The van der Waals surface area contributed by atoms with Gasteiger partial charge in [-0.2, -0.15) is 4.72 Å². The van der Waals surface area contributed by atoms with Gasteiger partial charge < -0.3 is 14.6 Å². The van der Waals surface area contributed by atoms with E-state index in [1.54, 1.807) is 12.4 Å². The summed E-state index contributed by atoms with van der Waals surface area (Å²) < 4.78 is 34.2. The maximum Gasteiger partial charge on any atom is 0.244 e. The van der Waals surface area contributed by atoms with Gasteiger partial charge in [-0.25, -0.2) is 13.4 Å². The van der Waals surface area contributed by atoms with E-state index in [9.17, 15) is 8.42 Å². The molecule has 29 heavy (non-hydrogen) atoms. The van der Waals surface area contributed by atoms with E-state index in [-0.39, 0.29) is 17.0 Å². The topological polar surface area (TPSA) is 87.3 Å². The summed E-state index contributed by atoms with van der Waals surface area (Å²) in [5.74, 6) is 1.27. The Labute approximate surface area is 169 Å². The van der Waals surface area contributed by atoms with Gasteiger partial charge in [-0.1, -0.05) is 19.1 Å². The first-order valence-corrected chi connectivity index (χ1v) is 11.2. The van der Waals surface area contributed by atoms with Crippen molar-refractivity contribution in [3.63, 3.8) is 0 Å². The molecule has 2 unspecified atom stereocenters. The predicted octanol–water partition coefficient (Wildman–Crippen LogP) is 3.57. The third-order valence-corrected chi connectivity index (χ3v) is 7.12. The molecule has 1 aromatic heterocycles. The SMILES string of the molecule is CC(c1cccc(Oc2ccc3c(c2)S(=O)(=O)NC2CCCN32)c1)c1c[nH]cn1. The first kappa shape index (κ1) is 18.2. The van der Waals surface area contributed by atoms with E-state index in [0.29, 0.717) is 11.5 Å². The van der Waals surface area contributed by atoms with Gasteiger partial charge in [0.05, 0.1) is 23.9 Å². The molecule has 8 heteroatoms. The van der Waals surface area contributed by atoms with Crippen molar-refractivity contribution in [2.75, 3.05) is 11.4 Å². The van der Waals surface area contributed by atoms with Crippen LogP contribution in [0, 0.1) is 0 Å². The normalized spacial score (nSPS) is 20.7. The van der Waals surface area contributed by atoms with Gasteiger partial charge in [0.25, 0.3) is 0 Å². The maximum absolute atomic E-state index is 12.7. The van der Waals surface area contributed by atoms with Crippen molar-refractivity contribution in [2.45, 2.75) is 36.7 Å². The van der Waals surface area contributed by atoms with Gasteiger partial charge in [-0.15, -0.1) is 0 Å². The van der Waals surface area contributed by atoms with E-state index < -0.39 is 10.0 Å². The molecular weight excluding hydrogens is 388 g/mol. The van der Waals surface area contributed by atoms with Crippen LogP contribution in [0.1, 0.15) is 36.9 Å². The number of nitrogens with zero attached hydrogens (tertiary/aromatic N) is 2. The number of aromatic amines is 1. The van der Waals surface area contributed by atoms with Crippen LogP contribution in [0.25, 0.3) is 0 Å². The number of nitrogens with one attached hydrogen (secondary N) is 2. The fourth-order valence-corrected chi connectivity index (χ4v) is 5.56. The van der Waals surface area contributed by atoms with E-state index >= 15 is 0 Å². The molecule has 3 heterocycles. The molecule has 2 aliphatic rings. The van der Waals surface area contributed by atoms with Crippen LogP contribution >= 0.6 is 0 Å². The van der Waals surface area contributed by atoms with Crippen molar-refractivity contribution < 1.29 is 13.2 Å². The van der Waals surface area contributed by atoms with Gasteiger partial charge in [-0.3, -0.25) is 0 Å². The summed E-state index contributed by atoms with van der Waals surface area (Å²) in [6, 6.07) is 13.1. The number of ether oxygens (including phenoxy) is 1. The van der Waals surface area contributed by atoms with Gasteiger partial charge in [0.1, 0.15) is 16.4 Å². The largest absolute Gasteiger partial charge is 0.457 e. The summed E-state index contributed by atoms with van der Waals surface area (Å²) in [7, 11) is -3.55. The molecule has 2 aromatic carbocycles. The highest BCUT2D eigenvalue weighted by Gasteiger charge is 2.37. The Morgan fingerprint density at radius 3 is 2.90 bits per heavy atom. The van der Waals surface area contributed by atoms with Crippen LogP contribution < -0.4 is 14.4 Å². The van der Waals surface area contributed by atoms with Crippen LogP contribution in [0.4, 0.5) is 5.69 Å². The molecule has 3 aromatic rings. The Kier molecular flexibility index (Phi) is 4.33. The van der Waals surface area contributed by atoms with E-state index in [4.69, 9.17) is 4.74 Å². The minimum atomic E-state index is -3.55. The Morgan fingerprint density at radius 1 is 1.21 bits per heavy atom. The average Bonchev–Trinajstić information content (AvgIpc) is 3.39. The zero-order valence-corrected chi connectivity index (χ0v) is 16.8. The summed E-state index contributed by atoms with van der Waals surface area (Å²) >= 11 is 0. The van der Waals surface area contributed by atoms with Crippen LogP contribution in [0.2, 0.25) is 0 Å². The van der Waals surface area contributed by atoms with Crippen LogP contribution in [-0.2, 0) is 10.0 Å². The van der Waals surface area contributed by atoms with Crippen molar-refractivity contribution >= 4 is 15.7 Å². The summed E-state index contributed by atoms with van der Waals surface area (Å²) in [5.41, 5.74) is 2.77. The molecule has 7 nitrogen and oxygen atoms in total. The number of benzene rings is 2. The van der Waals surface area contributed by atoms with Crippen LogP contribution in [0.5, 0.6) is 11.5 Å². The number of hydrogen-bond donors (Lipinski definition) is 2.